The Morgan fingerprint density at radius 3 is 2.48 bits per heavy atom. The van der Waals surface area contributed by atoms with Crippen LogP contribution in [0.25, 0.3) is 0 Å². The van der Waals surface area contributed by atoms with E-state index in [2.05, 4.69) is 0 Å². The molecule has 1 fully saturated rings. The first-order chi connectivity index (χ1) is 14.9. The zero-order chi connectivity index (χ0) is 22.1. The number of nitrogens with one attached hydrogen (secondary N) is 1. The van der Waals surface area contributed by atoms with Gasteiger partial charge in [0.05, 0.1) is 17.7 Å². The van der Waals surface area contributed by atoms with Crippen molar-refractivity contribution in [2.45, 2.75) is 19.9 Å². The maximum Gasteiger partial charge on any atom is 0.344 e. The highest BCUT2D eigenvalue weighted by Gasteiger charge is 2.50. The molecule has 0 aromatic heterocycles. The summed E-state index contributed by atoms with van der Waals surface area (Å²) in [4.78, 5) is 39.9. The number of para-hydroxylation sites is 2. The molecule has 2 atom stereocenters. The van der Waals surface area contributed by atoms with Crippen LogP contribution in [0, 0.1) is 11.3 Å². The molecule has 158 valence electrons. The molecule has 0 saturated carbocycles. The fourth-order valence-electron chi connectivity index (χ4n) is 3.80. The van der Waals surface area contributed by atoms with Crippen molar-refractivity contribution in [1.82, 2.24) is 0 Å². The SMILES string of the molecule is CCOC(=O)/C(C(C)=O)=C1\SC(=N)[C@@H]2C(=O)Oc3ccccc3[C@@H]2N1c1ccccc1. The van der Waals surface area contributed by atoms with Crippen LogP contribution in [-0.2, 0) is 19.1 Å². The largest absolute Gasteiger partial charge is 0.462 e. The van der Waals surface area contributed by atoms with Crippen LogP contribution < -0.4 is 9.64 Å². The molecule has 2 heterocycles. The van der Waals surface area contributed by atoms with Crippen LogP contribution in [0.3, 0.4) is 0 Å². The first-order valence-electron chi connectivity index (χ1n) is 9.77. The van der Waals surface area contributed by atoms with Crippen LogP contribution in [0.2, 0.25) is 0 Å². The van der Waals surface area contributed by atoms with Crippen LogP contribution in [0.15, 0.2) is 65.2 Å². The second-order valence-electron chi connectivity index (χ2n) is 7.01. The van der Waals surface area contributed by atoms with Gasteiger partial charge >= 0.3 is 11.9 Å². The third-order valence-corrected chi connectivity index (χ3v) is 6.15. The van der Waals surface area contributed by atoms with E-state index in [0.717, 1.165) is 11.8 Å². The van der Waals surface area contributed by atoms with Gasteiger partial charge in [-0.2, -0.15) is 0 Å². The Bertz CT molecular complexity index is 1110. The van der Waals surface area contributed by atoms with E-state index >= 15 is 0 Å². The number of carbonyl (C=O) groups is 3. The molecule has 2 aromatic rings. The van der Waals surface area contributed by atoms with Crippen molar-refractivity contribution in [2.24, 2.45) is 5.92 Å². The number of thioether (sulfide) groups is 1. The molecule has 8 heteroatoms. The number of fused-ring (bicyclic) bond motifs is 3. The highest BCUT2D eigenvalue weighted by Crippen LogP contribution is 2.52. The summed E-state index contributed by atoms with van der Waals surface area (Å²) in [5.41, 5.74) is 1.24. The summed E-state index contributed by atoms with van der Waals surface area (Å²) in [5.74, 6) is -2.26. The molecule has 7 nitrogen and oxygen atoms in total. The highest BCUT2D eigenvalue weighted by molar-refractivity contribution is 8.17. The van der Waals surface area contributed by atoms with Crippen molar-refractivity contribution in [3.8, 4) is 5.75 Å². The van der Waals surface area contributed by atoms with Crippen molar-refractivity contribution in [2.75, 3.05) is 11.5 Å². The second kappa shape index (κ2) is 8.39. The van der Waals surface area contributed by atoms with Gasteiger partial charge in [0.1, 0.15) is 22.3 Å². The minimum Gasteiger partial charge on any atom is -0.462 e. The number of Topliss-reactive ketones (excluding diaryl/α,β-unsaturated/α-hetero) is 1. The van der Waals surface area contributed by atoms with Gasteiger partial charge in [-0.05, 0) is 32.0 Å². The number of nitrogens with zero attached hydrogens (tertiary/aromatic N) is 1. The number of benzene rings is 2. The fraction of sp³-hybridized carbons (Fsp3) is 0.217. The van der Waals surface area contributed by atoms with Crippen molar-refractivity contribution < 1.29 is 23.9 Å². The monoisotopic (exact) mass is 436 g/mol. The lowest BCUT2D eigenvalue weighted by Gasteiger charge is -2.45. The predicted molar refractivity (Wildman–Crippen MR) is 117 cm³/mol. The molecule has 0 spiro atoms. The molecule has 31 heavy (non-hydrogen) atoms. The van der Waals surface area contributed by atoms with E-state index in [-0.39, 0.29) is 22.3 Å². The van der Waals surface area contributed by atoms with Crippen LogP contribution in [-0.4, -0.2) is 29.4 Å². The van der Waals surface area contributed by atoms with Gasteiger partial charge < -0.3 is 14.4 Å². The summed E-state index contributed by atoms with van der Waals surface area (Å²) in [6.45, 7) is 3.06. The minimum absolute atomic E-state index is 0.00901. The summed E-state index contributed by atoms with van der Waals surface area (Å²) >= 11 is 0.910. The Morgan fingerprint density at radius 1 is 1.13 bits per heavy atom. The van der Waals surface area contributed by atoms with Crippen LogP contribution in [0.1, 0.15) is 25.5 Å². The van der Waals surface area contributed by atoms with Gasteiger partial charge in [0.15, 0.2) is 5.78 Å². The molecular formula is C23H20N2O5S. The van der Waals surface area contributed by atoms with E-state index in [9.17, 15) is 14.4 Å². The van der Waals surface area contributed by atoms with Gasteiger partial charge in [-0.1, -0.05) is 48.2 Å². The number of esters is 2. The van der Waals surface area contributed by atoms with Crippen molar-refractivity contribution in [3.05, 3.63) is 70.8 Å². The maximum absolute atomic E-state index is 12.8. The second-order valence-corrected chi connectivity index (χ2v) is 8.04. The Morgan fingerprint density at radius 2 is 1.81 bits per heavy atom. The van der Waals surface area contributed by atoms with Gasteiger partial charge in [-0.25, -0.2) is 4.79 Å². The first kappa shape index (κ1) is 20.9. The van der Waals surface area contributed by atoms with Crippen molar-refractivity contribution >= 4 is 40.2 Å². The van der Waals surface area contributed by atoms with Gasteiger partial charge in [0.25, 0.3) is 0 Å². The molecule has 1 N–H and O–H groups in total. The summed E-state index contributed by atoms with van der Waals surface area (Å²) < 4.78 is 10.6. The average molecular weight is 436 g/mol. The number of rotatable bonds is 4. The molecule has 4 rings (SSSR count). The lowest BCUT2D eigenvalue weighted by molar-refractivity contribution is -0.140. The molecule has 0 aliphatic carbocycles. The highest BCUT2D eigenvalue weighted by atomic mass is 32.2. The van der Waals surface area contributed by atoms with Gasteiger partial charge in [0, 0.05) is 11.3 Å². The summed E-state index contributed by atoms with van der Waals surface area (Å²) in [6, 6.07) is 15.6. The molecule has 2 aliphatic rings. The van der Waals surface area contributed by atoms with Crippen molar-refractivity contribution in [3.63, 3.8) is 0 Å². The molecule has 0 bridgehead atoms. The maximum atomic E-state index is 12.8. The Labute approximate surface area is 183 Å². The summed E-state index contributed by atoms with van der Waals surface area (Å²) in [5, 5.41) is 8.86. The third kappa shape index (κ3) is 3.63. The Balaban J connectivity index is 2.01. The van der Waals surface area contributed by atoms with E-state index in [0.29, 0.717) is 17.0 Å². The van der Waals surface area contributed by atoms with E-state index < -0.39 is 29.7 Å². The minimum atomic E-state index is -0.890. The third-order valence-electron chi connectivity index (χ3n) is 5.08. The standard InChI is InChI=1S/C23H20N2O5S/c1-3-29-22(27)17(13(2)26)21-25(14-9-5-4-6-10-14)19-15-11-7-8-12-16(15)30-23(28)18(19)20(24)31-21/h4-12,18-19,24H,3H2,1-2H3/b21-17-,24-20?/t18-,19+/m1/s1. The molecule has 2 aliphatic heterocycles. The summed E-state index contributed by atoms with van der Waals surface area (Å²) in [7, 11) is 0. The number of ether oxygens (including phenoxy) is 2. The Hall–Kier alpha value is -3.39. The van der Waals surface area contributed by atoms with Crippen LogP contribution in [0.4, 0.5) is 5.69 Å². The van der Waals surface area contributed by atoms with E-state index in [1.54, 1.807) is 24.0 Å². The van der Waals surface area contributed by atoms with Crippen LogP contribution in [0.5, 0.6) is 5.75 Å². The molecule has 1 saturated heterocycles. The number of carbonyl (C=O) groups excluding carboxylic acids is 3. The average Bonchev–Trinajstić information content (AvgIpc) is 2.74. The molecule has 0 radical (unpaired) electrons. The number of ketones is 1. The van der Waals surface area contributed by atoms with E-state index in [4.69, 9.17) is 14.9 Å². The molecular weight excluding hydrogens is 416 g/mol. The molecule has 0 unspecified atom stereocenters. The van der Waals surface area contributed by atoms with E-state index in [1.165, 1.54) is 6.92 Å². The predicted octanol–water partition coefficient (Wildman–Crippen LogP) is 3.86. The summed E-state index contributed by atoms with van der Waals surface area (Å²) in [6.07, 6.45) is 0. The normalized spacial score (nSPS) is 21.5. The zero-order valence-corrected chi connectivity index (χ0v) is 17.8. The molecule has 0 amide bonds. The van der Waals surface area contributed by atoms with E-state index in [1.807, 2.05) is 42.5 Å². The topological polar surface area (TPSA) is 96.8 Å². The quantitative estimate of drug-likeness (QED) is 0.256. The molecule has 2 aromatic carbocycles. The van der Waals surface area contributed by atoms with Crippen molar-refractivity contribution in [1.29, 1.82) is 5.41 Å². The number of hydrogen-bond acceptors (Lipinski definition) is 8. The Kier molecular flexibility index (Phi) is 5.65. The smallest absolute Gasteiger partial charge is 0.344 e. The zero-order valence-electron chi connectivity index (χ0n) is 17.0. The fourth-order valence-corrected chi connectivity index (χ4v) is 5.01. The van der Waals surface area contributed by atoms with Gasteiger partial charge in [-0.15, -0.1) is 0 Å². The van der Waals surface area contributed by atoms with Gasteiger partial charge in [0.2, 0.25) is 0 Å². The van der Waals surface area contributed by atoms with Crippen LogP contribution >= 0.6 is 11.8 Å². The number of hydrogen-bond donors (Lipinski definition) is 1. The number of anilines is 1. The lowest BCUT2D eigenvalue weighted by Crippen LogP contribution is -2.48. The van der Waals surface area contributed by atoms with Gasteiger partial charge in [-0.3, -0.25) is 15.0 Å². The lowest BCUT2D eigenvalue weighted by atomic mass is 9.88. The first-order valence-corrected chi connectivity index (χ1v) is 10.6.